The minimum Gasteiger partial charge on any atom is -0.480 e. The van der Waals surface area contributed by atoms with Gasteiger partial charge in [0.25, 0.3) is 0 Å². The second-order valence-electron chi connectivity index (χ2n) is 7.97. The van der Waals surface area contributed by atoms with Gasteiger partial charge in [-0.3, -0.25) is 0 Å². The molecule has 1 atom stereocenters. The van der Waals surface area contributed by atoms with Crippen molar-refractivity contribution < 1.29 is 23.8 Å². The fourth-order valence-corrected chi connectivity index (χ4v) is 4.28. The molecule has 1 amide bonds. The Balaban J connectivity index is 1.39. The largest absolute Gasteiger partial charge is 0.480 e. The quantitative estimate of drug-likeness (QED) is 0.546. The van der Waals surface area contributed by atoms with Crippen LogP contribution < -0.4 is 5.32 Å². The van der Waals surface area contributed by atoms with Crippen molar-refractivity contribution in [1.82, 2.24) is 5.32 Å². The molecule has 0 radical (unpaired) electrons. The van der Waals surface area contributed by atoms with Gasteiger partial charge in [0, 0.05) is 5.92 Å². The molecular formula is C26H24FNO4. The number of hydrogen-bond acceptors (Lipinski definition) is 3. The molecule has 6 heteroatoms. The summed E-state index contributed by atoms with van der Waals surface area (Å²) in [7, 11) is 0. The second kappa shape index (κ2) is 9.22. The van der Waals surface area contributed by atoms with Crippen molar-refractivity contribution in [2.75, 3.05) is 6.61 Å². The zero-order valence-electron chi connectivity index (χ0n) is 17.7. The van der Waals surface area contributed by atoms with Crippen LogP contribution in [-0.2, 0) is 16.0 Å². The molecule has 0 spiro atoms. The summed E-state index contributed by atoms with van der Waals surface area (Å²) < 4.78 is 18.7. The van der Waals surface area contributed by atoms with Gasteiger partial charge in [0.2, 0.25) is 0 Å². The Hall–Kier alpha value is -3.67. The average Bonchev–Trinajstić information content (AvgIpc) is 3.10. The number of halogens is 1. The van der Waals surface area contributed by atoms with Gasteiger partial charge in [-0.05, 0) is 65.3 Å². The van der Waals surface area contributed by atoms with E-state index in [1.807, 2.05) is 48.5 Å². The number of carboxylic acid groups (broad SMARTS) is 1. The van der Waals surface area contributed by atoms with Crippen molar-refractivity contribution in [1.29, 1.82) is 0 Å². The molecule has 0 aliphatic heterocycles. The third-order valence-corrected chi connectivity index (χ3v) is 5.94. The number of carbonyl (C=O) groups excluding carboxylic acids is 1. The van der Waals surface area contributed by atoms with Crippen molar-refractivity contribution in [2.24, 2.45) is 0 Å². The maximum absolute atomic E-state index is 13.3. The SMILES string of the molecule is Cc1cc(F)ccc1CC[C@H](NC(=O)OCC1c2ccccc2-c2ccccc21)C(=O)O. The number of alkyl carbamates (subject to hydrolysis) is 1. The molecule has 32 heavy (non-hydrogen) atoms. The zero-order valence-corrected chi connectivity index (χ0v) is 17.7. The van der Waals surface area contributed by atoms with E-state index in [1.54, 1.807) is 13.0 Å². The van der Waals surface area contributed by atoms with Gasteiger partial charge in [-0.25, -0.2) is 14.0 Å². The van der Waals surface area contributed by atoms with Gasteiger partial charge in [0.15, 0.2) is 0 Å². The molecular weight excluding hydrogens is 409 g/mol. The van der Waals surface area contributed by atoms with Crippen LogP contribution in [0.2, 0.25) is 0 Å². The summed E-state index contributed by atoms with van der Waals surface area (Å²) >= 11 is 0. The molecule has 0 bridgehead atoms. The van der Waals surface area contributed by atoms with E-state index in [2.05, 4.69) is 5.32 Å². The van der Waals surface area contributed by atoms with Gasteiger partial charge < -0.3 is 15.2 Å². The first-order valence-corrected chi connectivity index (χ1v) is 10.5. The number of aryl methyl sites for hydroxylation is 2. The lowest BCUT2D eigenvalue weighted by molar-refractivity contribution is -0.139. The van der Waals surface area contributed by atoms with Crippen LogP contribution in [0.3, 0.4) is 0 Å². The van der Waals surface area contributed by atoms with Crippen LogP contribution in [0.25, 0.3) is 11.1 Å². The Morgan fingerprint density at radius 1 is 1.03 bits per heavy atom. The molecule has 0 fully saturated rings. The molecule has 5 nitrogen and oxygen atoms in total. The molecule has 2 N–H and O–H groups in total. The van der Waals surface area contributed by atoms with Crippen LogP contribution in [-0.4, -0.2) is 29.8 Å². The van der Waals surface area contributed by atoms with Gasteiger partial charge in [0.05, 0.1) is 0 Å². The summed E-state index contributed by atoms with van der Waals surface area (Å²) in [4.78, 5) is 24.1. The van der Waals surface area contributed by atoms with Crippen LogP contribution in [0.4, 0.5) is 9.18 Å². The van der Waals surface area contributed by atoms with E-state index in [0.717, 1.165) is 33.4 Å². The number of amides is 1. The summed E-state index contributed by atoms with van der Waals surface area (Å²) in [5.74, 6) is -1.57. The predicted octanol–water partition coefficient (Wildman–Crippen LogP) is 5.06. The van der Waals surface area contributed by atoms with Crippen molar-refractivity contribution in [3.8, 4) is 11.1 Å². The number of nitrogens with one attached hydrogen (secondary N) is 1. The number of carbonyl (C=O) groups is 2. The standard InChI is InChI=1S/C26H24FNO4/c1-16-14-18(27)12-10-17(16)11-13-24(25(29)30)28-26(31)32-15-23-21-8-4-2-6-19(21)20-7-3-5-9-22(20)23/h2-10,12,14,23-24H,11,13,15H2,1H3,(H,28,31)(H,29,30)/t24-/m0/s1. The number of hydrogen-bond donors (Lipinski definition) is 2. The molecule has 1 aliphatic rings. The Kier molecular flexibility index (Phi) is 6.21. The smallest absolute Gasteiger partial charge is 0.407 e. The summed E-state index contributed by atoms with van der Waals surface area (Å²) in [6.45, 7) is 1.89. The lowest BCUT2D eigenvalue weighted by Crippen LogP contribution is -2.41. The fraction of sp³-hybridized carbons (Fsp3) is 0.231. The predicted molar refractivity (Wildman–Crippen MR) is 119 cm³/mol. The lowest BCUT2D eigenvalue weighted by atomic mass is 9.98. The molecule has 0 saturated heterocycles. The van der Waals surface area contributed by atoms with Crippen LogP contribution >= 0.6 is 0 Å². The number of fused-ring (bicyclic) bond motifs is 3. The van der Waals surface area contributed by atoms with Crippen LogP contribution in [0.5, 0.6) is 0 Å². The molecule has 0 heterocycles. The highest BCUT2D eigenvalue weighted by molar-refractivity contribution is 5.81. The van der Waals surface area contributed by atoms with E-state index in [-0.39, 0.29) is 24.8 Å². The average molecular weight is 433 g/mol. The maximum atomic E-state index is 13.3. The summed E-state index contributed by atoms with van der Waals surface area (Å²) in [5, 5.41) is 12.0. The molecule has 1 aliphatic carbocycles. The number of aliphatic carboxylic acids is 1. The number of rotatable bonds is 7. The molecule has 0 unspecified atom stereocenters. The Morgan fingerprint density at radius 3 is 2.25 bits per heavy atom. The van der Waals surface area contributed by atoms with E-state index < -0.39 is 18.1 Å². The van der Waals surface area contributed by atoms with Crippen molar-refractivity contribution in [2.45, 2.75) is 31.7 Å². The fourth-order valence-electron chi connectivity index (χ4n) is 4.28. The van der Waals surface area contributed by atoms with Crippen LogP contribution in [0.1, 0.15) is 34.6 Å². The minimum atomic E-state index is -1.14. The highest BCUT2D eigenvalue weighted by Crippen LogP contribution is 2.44. The third-order valence-electron chi connectivity index (χ3n) is 5.94. The van der Waals surface area contributed by atoms with E-state index in [9.17, 15) is 19.1 Å². The Morgan fingerprint density at radius 2 is 1.66 bits per heavy atom. The first kappa shape index (κ1) is 21.6. The molecule has 4 rings (SSSR count). The molecule has 0 saturated carbocycles. The first-order valence-electron chi connectivity index (χ1n) is 10.5. The van der Waals surface area contributed by atoms with Crippen molar-refractivity contribution in [3.63, 3.8) is 0 Å². The van der Waals surface area contributed by atoms with Gasteiger partial charge in [-0.15, -0.1) is 0 Å². The first-order chi connectivity index (χ1) is 15.4. The highest BCUT2D eigenvalue weighted by atomic mass is 19.1. The minimum absolute atomic E-state index is 0.0988. The van der Waals surface area contributed by atoms with E-state index in [1.165, 1.54) is 12.1 Å². The highest BCUT2D eigenvalue weighted by Gasteiger charge is 2.29. The molecule has 0 aromatic heterocycles. The van der Waals surface area contributed by atoms with E-state index >= 15 is 0 Å². The van der Waals surface area contributed by atoms with E-state index in [0.29, 0.717) is 6.42 Å². The number of ether oxygens (including phenoxy) is 1. The van der Waals surface area contributed by atoms with Gasteiger partial charge in [-0.2, -0.15) is 0 Å². The number of benzene rings is 3. The van der Waals surface area contributed by atoms with Crippen molar-refractivity contribution in [3.05, 3.63) is 94.8 Å². The summed E-state index contributed by atoms with van der Waals surface area (Å²) in [6, 6.07) is 19.3. The third kappa shape index (κ3) is 4.49. The van der Waals surface area contributed by atoms with Gasteiger partial charge >= 0.3 is 12.1 Å². The summed E-state index contributed by atoms with van der Waals surface area (Å²) in [6.07, 6.45) is -0.200. The van der Waals surface area contributed by atoms with E-state index in [4.69, 9.17) is 4.74 Å². The van der Waals surface area contributed by atoms with Crippen LogP contribution in [0.15, 0.2) is 66.7 Å². The zero-order chi connectivity index (χ0) is 22.7. The molecule has 164 valence electrons. The topological polar surface area (TPSA) is 75.6 Å². The molecule has 3 aromatic carbocycles. The Bertz CT molecular complexity index is 1110. The van der Waals surface area contributed by atoms with Crippen molar-refractivity contribution >= 4 is 12.1 Å². The van der Waals surface area contributed by atoms with Crippen LogP contribution in [0, 0.1) is 12.7 Å². The molecule has 3 aromatic rings. The maximum Gasteiger partial charge on any atom is 0.407 e. The van der Waals surface area contributed by atoms with Gasteiger partial charge in [-0.1, -0.05) is 54.6 Å². The number of carboxylic acids is 1. The second-order valence-corrected chi connectivity index (χ2v) is 7.97. The van der Waals surface area contributed by atoms with Gasteiger partial charge in [0.1, 0.15) is 18.5 Å². The Labute approximate surface area is 185 Å². The lowest BCUT2D eigenvalue weighted by Gasteiger charge is -2.18. The normalized spacial score (nSPS) is 13.2. The summed E-state index contributed by atoms with van der Waals surface area (Å²) in [5.41, 5.74) is 6.00. The monoisotopic (exact) mass is 433 g/mol.